The molecule has 0 aliphatic carbocycles. The molecule has 2 aromatic rings. The Balaban J connectivity index is 1.69. The Morgan fingerprint density at radius 3 is 2.46 bits per heavy atom. The summed E-state index contributed by atoms with van der Waals surface area (Å²) in [5.41, 5.74) is 1.45. The van der Waals surface area contributed by atoms with E-state index in [1.54, 1.807) is 54.3 Å². The quantitative estimate of drug-likeness (QED) is 0.610. The molecule has 1 heterocycles. The molecular weight excluding hydrogens is 334 g/mol. The molecule has 6 nitrogen and oxygen atoms in total. The van der Waals surface area contributed by atoms with Crippen molar-refractivity contribution in [1.82, 2.24) is 0 Å². The summed E-state index contributed by atoms with van der Waals surface area (Å²) in [6.07, 6.45) is 1.40. The summed E-state index contributed by atoms with van der Waals surface area (Å²) in [6.45, 7) is 2.69. The van der Waals surface area contributed by atoms with Gasteiger partial charge in [-0.25, -0.2) is 9.59 Å². The average molecular weight is 353 g/mol. The lowest BCUT2D eigenvalue weighted by molar-refractivity contribution is -0.117. The molecule has 1 aliphatic heterocycles. The van der Waals surface area contributed by atoms with E-state index in [1.165, 1.54) is 6.07 Å². The summed E-state index contributed by atoms with van der Waals surface area (Å²) in [7, 11) is 0. The van der Waals surface area contributed by atoms with Crippen molar-refractivity contribution in [3.05, 3.63) is 59.7 Å². The number of nitrogens with zero attached hydrogens (tertiary/aromatic N) is 1. The number of benzene rings is 2. The SMILES string of the molecule is CCOC(=O)c1cccc(OC(=O)c2ccc(N3CCCC3=O)cc2)c1. The third kappa shape index (κ3) is 3.91. The van der Waals surface area contributed by atoms with Crippen LogP contribution in [0.3, 0.4) is 0 Å². The van der Waals surface area contributed by atoms with Gasteiger partial charge in [0.1, 0.15) is 5.75 Å². The highest BCUT2D eigenvalue weighted by molar-refractivity contribution is 5.96. The molecule has 0 aromatic heterocycles. The van der Waals surface area contributed by atoms with E-state index in [9.17, 15) is 14.4 Å². The van der Waals surface area contributed by atoms with Crippen molar-refractivity contribution >= 4 is 23.5 Å². The van der Waals surface area contributed by atoms with Crippen LogP contribution >= 0.6 is 0 Å². The van der Waals surface area contributed by atoms with Crippen LogP contribution in [0.15, 0.2) is 48.5 Å². The highest BCUT2D eigenvalue weighted by Gasteiger charge is 2.22. The molecule has 1 amide bonds. The van der Waals surface area contributed by atoms with Gasteiger partial charge < -0.3 is 14.4 Å². The molecule has 6 heteroatoms. The van der Waals surface area contributed by atoms with E-state index in [0.717, 1.165) is 12.1 Å². The normalized spacial score (nSPS) is 13.6. The van der Waals surface area contributed by atoms with Gasteiger partial charge in [-0.15, -0.1) is 0 Å². The third-order valence-electron chi connectivity index (χ3n) is 4.04. The van der Waals surface area contributed by atoms with Gasteiger partial charge >= 0.3 is 11.9 Å². The van der Waals surface area contributed by atoms with Gasteiger partial charge in [0.05, 0.1) is 17.7 Å². The van der Waals surface area contributed by atoms with E-state index in [4.69, 9.17) is 9.47 Å². The van der Waals surface area contributed by atoms with Crippen LogP contribution in [0.25, 0.3) is 0 Å². The monoisotopic (exact) mass is 353 g/mol. The van der Waals surface area contributed by atoms with Crippen molar-refractivity contribution in [2.24, 2.45) is 0 Å². The highest BCUT2D eigenvalue weighted by Crippen LogP contribution is 2.22. The molecule has 0 saturated carbocycles. The second kappa shape index (κ2) is 7.82. The molecule has 1 aliphatic rings. The number of hydrogen-bond donors (Lipinski definition) is 0. The number of carbonyl (C=O) groups excluding carboxylic acids is 3. The maximum atomic E-state index is 12.3. The standard InChI is InChI=1S/C20H19NO5/c1-2-25-19(23)15-5-3-6-17(13-15)26-20(24)14-8-10-16(11-9-14)21-12-4-7-18(21)22/h3,5-6,8-11,13H,2,4,7,12H2,1H3. The first-order valence-corrected chi connectivity index (χ1v) is 8.48. The van der Waals surface area contributed by atoms with Crippen LogP contribution in [-0.4, -0.2) is 31.0 Å². The van der Waals surface area contributed by atoms with Crippen LogP contribution in [0.2, 0.25) is 0 Å². The summed E-state index contributed by atoms with van der Waals surface area (Å²) < 4.78 is 10.3. The van der Waals surface area contributed by atoms with Crippen LogP contribution in [-0.2, 0) is 9.53 Å². The third-order valence-corrected chi connectivity index (χ3v) is 4.04. The van der Waals surface area contributed by atoms with Crippen molar-refractivity contribution < 1.29 is 23.9 Å². The largest absolute Gasteiger partial charge is 0.462 e. The maximum absolute atomic E-state index is 12.3. The fourth-order valence-electron chi connectivity index (χ4n) is 2.77. The minimum atomic E-state index is -0.537. The summed E-state index contributed by atoms with van der Waals surface area (Å²) >= 11 is 0. The fourth-order valence-corrected chi connectivity index (χ4v) is 2.77. The van der Waals surface area contributed by atoms with Crippen LogP contribution in [0.1, 0.15) is 40.5 Å². The summed E-state index contributed by atoms with van der Waals surface area (Å²) in [4.78, 5) is 37.5. The smallest absolute Gasteiger partial charge is 0.343 e. The lowest BCUT2D eigenvalue weighted by Gasteiger charge is -2.15. The van der Waals surface area contributed by atoms with Crippen molar-refractivity contribution in [2.45, 2.75) is 19.8 Å². The van der Waals surface area contributed by atoms with E-state index in [2.05, 4.69) is 0 Å². The summed E-state index contributed by atoms with van der Waals surface area (Å²) in [6, 6.07) is 13.0. The topological polar surface area (TPSA) is 72.9 Å². The Labute approximate surface area is 151 Å². The lowest BCUT2D eigenvalue weighted by atomic mass is 10.2. The summed E-state index contributed by atoms with van der Waals surface area (Å²) in [5.74, 6) is -0.647. The van der Waals surface area contributed by atoms with Gasteiger partial charge in [-0.2, -0.15) is 0 Å². The molecule has 1 saturated heterocycles. The number of ether oxygens (including phenoxy) is 2. The maximum Gasteiger partial charge on any atom is 0.343 e. The van der Waals surface area contributed by atoms with Gasteiger partial charge in [0.15, 0.2) is 0 Å². The van der Waals surface area contributed by atoms with Gasteiger partial charge in [0.25, 0.3) is 0 Å². The van der Waals surface area contributed by atoms with E-state index >= 15 is 0 Å². The van der Waals surface area contributed by atoms with Gasteiger partial charge in [-0.1, -0.05) is 6.07 Å². The molecule has 0 bridgehead atoms. The number of anilines is 1. The summed E-state index contributed by atoms with van der Waals surface area (Å²) in [5, 5.41) is 0. The van der Waals surface area contributed by atoms with Gasteiger partial charge in [0, 0.05) is 18.7 Å². The average Bonchev–Trinajstić information content (AvgIpc) is 3.08. The Kier molecular flexibility index (Phi) is 5.31. The van der Waals surface area contributed by atoms with Crippen molar-refractivity contribution in [1.29, 1.82) is 0 Å². The van der Waals surface area contributed by atoms with Crippen molar-refractivity contribution in [3.63, 3.8) is 0 Å². The molecule has 1 fully saturated rings. The number of carbonyl (C=O) groups is 3. The number of amides is 1. The van der Waals surface area contributed by atoms with Gasteiger partial charge in [-0.05, 0) is 55.8 Å². The number of hydrogen-bond acceptors (Lipinski definition) is 5. The van der Waals surface area contributed by atoms with Crippen LogP contribution < -0.4 is 9.64 Å². The van der Waals surface area contributed by atoms with E-state index in [0.29, 0.717) is 24.1 Å². The van der Waals surface area contributed by atoms with Crippen LogP contribution in [0, 0.1) is 0 Å². The second-order valence-corrected chi connectivity index (χ2v) is 5.83. The highest BCUT2D eigenvalue weighted by atomic mass is 16.5. The zero-order chi connectivity index (χ0) is 18.5. The van der Waals surface area contributed by atoms with Gasteiger partial charge in [0.2, 0.25) is 5.91 Å². The molecule has 0 N–H and O–H groups in total. The molecule has 0 unspecified atom stereocenters. The first kappa shape index (κ1) is 17.7. The molecule has 0 radical (unpaired) electrons. The Bertz CT molecular complexity index is 828. The predicted molar refractivity (Wildman–Crippen MR) is 95.4 cm³/mol. The second-order valence-electron chi connectivity index (χ2n) is 5.83. The Morgan fingerprint density at radius 2 is 1.81 bits per heavy atom. The fraction of sp³-hybridized carbons (Fsp3) is 0.250. The van der Waals surface area contributed by atoms with Crippen LogP contribution in [0.5, 0.6) is 5.75 Å². The first-order chi connectivity index (χ1) is 12.6. The molecular formula is C20H19NO5. The minimum Gasteiger partial charge on any atom is -0.462 e. The molecule has 2 aromatic carbocycles. The Morgan fingerprint density at radius 1 is 1.04 bits per heavy atom. The zero-order valence-electron chi connectivity index (χ0n) is 14.4. The van der Waals surface area contributed by atoms with E-state index in [-0.39, 0.29) is 18.3 Å². The lowest BCUT2D eigenvalue weighted by Crippen LogP contribution is -2.23. The first-order valence-electron chi connectivity index (χ1n) is 8.48. The molecule has 26 heavy (non-hydrogen) atoms. The Hall–Kier alpha value is -3.15. The number of esters is 2. The van der Waals surface area contributed by atoms with Gasteiger partial charge in [-0.3, -0.25) is 4.79 Å². The van der Waals surface area contributed by atoms with Crippen LogP contribution in [0.4, 0.5) is 5.69 Å². The predicted octanol–water partition coefficient (Wildman–Crippen LogP) is 3.21. The molecule has 0 spiro atoms. The molecule has 3 rings (SSSR count). The van der Waals surface area contributed by atoms with Crippen molar-refractivity contribution in [2.75, 3.05) is 18.1 Å². The number of rotatable bonds is 5. The van der Waals surface area contributed by atoms with Crippen molar-refractivity contribution in [3.8, 4) is 5.75 Å². The molecule has 134 valence electrons. The minimum absolute atomic E-state index is 0.0936. The molecule has 0 atom stereocenters. The zero-order valence-corrected chi connectivity index (χ0v) is 14.4. The van der Waals surface area contributed by atoms with E-state index < -0.39 is 11.9 Å². The van der Waals surface area contributed by atoms with E-state index in [1.807, 2.05) is 0 Å².